The zero-order valence-corrected chi connectivity index (χ0v) is 17.3. The highest BCUT2D eigenvalue weighted by Gasteiger charge is 2.28. The van der Waals surface area contributed by atoms with E-state index >= 15 is 0 Å². The number of carbonyl (C=O) groups excluding carboxylic acids is 1. The number of sulfonamides is 1. The molecule has 2 aromatic rings. The van der Waals surface area contributed by atoms with Gasteiger partial charge in [0.1, 0.15) is 0 Å². The van der Waals surface area contributed by atoms with Crippen molar-refractivity contribution in [2.75, 3.05) is 18.4 Å². The number of hydrogen-bond donors (Lipinski definition) is 1. The number of hydrogen-bond acceptors (Lipinski definition) is 3. The molecule has 150 valence electrons. The summed E-state index contributed by atoms with van der Waals surface area (Å²) in [6.45, 7) is 4.88. The first kappa shape index (κ1) is 20.6. The molecule has 0 aliphatic carbocycles. The van der Waals surface area contributed by atoms with Gasteiger partial charge in [-0.15, -0.1) is 0 Å². The van der Waals surface area contributed by atoms with E-state index in [0.717, 1.165) is 24.8 Å². The molecule has 1 aliphatic rings. The third-order valence-corrected chi connectivity index (χ3v) is 7.36. The van der Waals surface area contributed by atoms with Crippen LogP contribution in [0.1, 0.15) is 49.7 Å². The number of nitrogens with one attached hydrogen (secondary N) is 1. The van der Waals surface area contributed by atoms with E-state index in [1.54, 1.807) is 29.4 Å². The Morgan fingerprint density at radius 1 is 1.07 bits per heavy atom. The largest absolute Gasteiger partial charge is 0.326 e. The van der Waals surface area contributed by atoms with E-state index in [2.05, 4.69) is 5.32 Å². The van der Waals surface area contributed by atoms with Crippen molar-refractivity contribution in [2.24, 2.45) is 0 Å². The van der Waals surface area contributed by atoms with Crippen LogP contribution in [-0.2, 0) is 14.8 Å². The van der Waals surface area contributed by atoms with Gasteiger partial charge < -0.3 is 5.32 Å². The number of benzene rings is 2. The highest BCUT2D eigenvalue weighted by molar-refractivity contribution is 7.89. The quantitative estimate of drug-likeness (QED) is 0.786. The summed E-state index contributed by atoms with van der Waals surface area (Å²) < 4.78 is 27.7. The van der Waals surface area contributed by atoms with Crippen molar-refractivity contribution in [3.05, 3.63) is 59.7 Å². The van der Waals surface area contributed by atoms with E-state index < -0.39 is 10.0 Å². The third kappa shape index (κ3) is 4.45. The van der Waals surface area contributed by atoms with Crippen LogP contribution < -0.4 is 5.32 Å². The van der Waals surface area contributed by atoms with Gasteiger partial charge in [-0.3, -0.25) is 4.79 Å². The summed E-state index contributed by atoms with van der Waals surface area (Å²) in [5, 5.41) is 2.91. The molecule has 1 fully saturated rings. The molecule has 28 heavy (non-hydrogen) atoms. The van der Waals surface area contributed by atoms with Gasteiger partial charge in [-0.1, -0.05) is 49.7 Å². The number of nitrogens with zero attached hydrogens (tertiary/aromatic N) is 1. The normalized spacial score (nSPS) is 16.5. The molecule has 0 saturated carbocycles. The van der Waals surface area contributed by atoms with E-state index in [1.165, 1.54) is 0 Å². The Hall–Kier alpha value is -2.18. The fourth-order valence-corrected chi connectivity index (χ4v) is 5.46. The average Bonchev–Trinajstić information content (AvgIpc) is 2.71. The summed E-state index contributed by atoms with van der Waals surface area (Å²) >= 11 is 0. The molecule has 1 N–H and O–H groups in total. The molecule has 1 aliphatic heterocycles. The second kappa shape index (κ2) is 8.88. The van der Waals surface area contributed by atoms with Crippen LogP contribution in [0.2, 0.25) is 0 Å². The molecule has 0 bridgehead atoms. The second-order valence-electron chi connectivity index (χ2n) is 7.31. The Bertz CT molecular complexity index is 920. The molecule has 1 atom stereocenters. The van der Waals surface area contributed by atoms with Crippen LogP contribution in [-0.4, -0.2) is 31.7 Å². The molecular formula is C22H28N2O3S. The Kier molecular flexibility index (Phi) is 6.52. The van der Waals surface area contributed by atoms with Crippen LogP contribution in [0.5, 0.6) is 0 Å². The van der Waals surface area contributed by atoms with Crippen LogP contribution in [0.4, 0.5) is 5.69 Å². The molecular weight excluding hydrogens is 372 g/mol. The predicted molar refractivity (Wildman–Crippen MR) is 112 cm³/mol. The summed E-state index contributed by atoms with van der Waals surface area (Å²) in [4.78, 5) is 13.1. The smallest absolute Gasteiger partial charge is 0.243 e. The van der Waals surface area contributed by atoms with Crippen LogP contribution >= 0.6 is 0 Å². The number of rotatable bonds is 6. The Balaban J connectivity index is 1.84. The van der Waals surface area contributed by atoms with Crippen molar-refractivity contribution in [3.8, 4) is 0 Å². The number of piperidine rings is 1. The van der Waals surface area contributed by atoms with Crippen LogP contribution in [0.15, 0.2) is 53.4 Å². The maximum Gasteiger partial charge on any atom is 0.243 e. The van der Waals surface area contributed by atoms with Crippen LogP contribution in [0.25, 0.3) is 0 Å². The summed E-state index contributed by atoms with van der Waals surface area (Å²) in [7, 11) is -3.55. The van der Waals surface area contributed by atoms with Gasteiger partial charge in [0.15, 0.2) is 0 Å². The maximum atomic E-state index is 13.1. The number of carbonyl (C=O) groups is 1. The third-order valence-electron chi connectivity index (χ3n) is 5.32. The van der Waals surface area contributed by atoms with Gasteiger partial charge in [0.05, 0.1) is 10.8 Å². The topological polar surface area (TPSA) is 66.5 Å². The summed E-state index contributed by atoms with van der Waals surface area (Å²) in [5.74, 6) is -0.400. The minimum Gasteiger partial charge on any atom is -0.326 e. The molecule has 0 spiro atoms. The van der Waals surface area contributed by atoms with E-state index in [-0.39, 0.29) is 16.7 Å². The number of aryl methyl sites for hydroxylation is 1. The molecule has 0 aromatic heterocycles. The van der Waals surface area contributed by atoms with Gasteiger partial charge in [-0.2, -0.15) is 4.31 Å². The highest BCUT2D eigenvalue weighted by Crippen LogP contribution is 2.27. The van der Waals surface area contributed by atoms with Crippen molar-refractivity contribution in [2.45, 2.75) is 50.3 Å². The lowest BCUT2D eigenvalue weighted by molar-refractivity contribution is -0.117. The summed E-state index contributed by atoms with van der Waals surface area (Å²) in [5.41, 5.74) is 2.16. The molecule has 1 amide bonds. The zero-order valence-electron chi connectivity index (χ0n) is 16.5. The van der Waals surface area contributed by atoms with Gasteiger partial charge >= 0.3 is 0 Å². The van der Waals surface area contributed by atoms with Crippen LogP contribution in [0, 0.1) is 6.92 Å². The van der Waals surface area contributed by atoms with Crippen molar-refractivity contribution >= 4 is 21.6 Å². The fraction of sp³-hybridized carbons (Fsp3) is 0.409. The first-order valence-corrected chi connectivity index (χ1v) is 11.3. The Morgan fingerprint density at radius 2 is 1.75 bits per heavy atom. The molecule has 1 heterocycles. The van der Waals surface area contributed by atoms with Gasteiger partial charge in [0, 0.05) is 18.8 Å². The van der Waals surface area contributed by atoms with Gasteiger partial charge in [-0.25, -0.2) is 8.42 Å². The highest BCUT2D eigenvalue weighted by atomic mass is 32.2. The van der Waals surface area contributed by atoms with Crippen molar-refractivity contribution < 1.29 is 13.2 Å². The minimum atomic E-state index is -3.55. The average molecular weight is 401 g/mol. The lowest BCUT2D eigenvalue weighted by Crippen LogP contribution is -2.36. The molecule has 6 heteroatoms. The lowest BCUT2D eigenvalue weighted by Gasteiger charge is -2.26. The second-order valence-corrected chi connectivity index (χ2v) is 9.21. The van der Waals surface area contributed by atoms with E-state index in [9.17, 15) is 13.2 Å². The monoisotopic (exact) mass is 400 g/mol. The van der Waals surface area contributed by atoms with Crippen LogP contribution in [0.3, 0.4) is 0 Å². The molecule has 1 unspecified atom stereocenters. The van der Waals surface area contributed by atoms with E-state index in [1.807, 2.05) is 37.3 Å². The van der Waals surface area contributed by atoms with Crippen molar-refractivity contribution in [3.63, 3.8) is 0 Å². The van der Waals surface area contributed by atoms with E-state index in [0.29, 0.717) is 30.8 Å². The standard InChI is InChI=1S/C22H28N2O3S/c1-3-20(18-10-6-4-7-11-18)22(25)23-19-13-12-17(2)21(16-19)28(26,27)24-14-8-5-9-15-24/h4,6-7,10-13,16,20H,3,5,8-9,14-15H2,1-2H3,(H,23,25). The molecule has 2 aromatic carbocycles. The predicted octanol–water partition coefficient (Wildman–Crippen LogP) is 4.30. The molecule has 1 saturated heterocycles. The molecule has 0 radical (unpaired) electrons. The fourth-order valence-electron chi connectivity index (χ4n) is 3.69. The zero-order chi connectivity index (χ0) is 20.1. The maximum absolute atomic E-state index is 13.1. The summed E-state index contributed by atoms with van der Waals surface area (Å²) in [6, 6.07) is 14.8. The Morgan fingerprint density at radius 3 is 2.39 bits per heavy atom. The van der Waals surface area contributed by atoms with Crippen molar-refractivity contribution in [1.29, 1.82) is 0 Å². The first-order valence-electron chi connectivity index (χ1n) is 9.90. The lowest BCUT2D eigenvalue weighted by atomic mass is 9.95. The van der Waals surface area contributed by atoms with Gasteiger partial charge in [0.25, 0.3) is 0 Å². The SMILES string of the molecule is CCC(C(=O)Nc1ccc(C)c(S(=O)(=O)N2CCCCC2)c1)c1ccccc1. The minimum absolute atomic E-state index is 0.126. The van der Waals surface area contributed by atoms with Gasteiger partial charge in [-0.05, 0) is 49.4 Å². The molecule has 3 rings (SSSR count). The Labute approximate surface area is 167 Å². The van der Waals surface area contributed by atoms with Gasteiger partial charge in [0.2, 0.25) is 15.9 Å². The molecule has 5 nitrogen and oxygen atoms in total. The number of anilines is 1. The number of amides is 1. The van der Waals surface area contributed by atoms with E-state index in [4.69, 9.17) is 0 Å². The first-order chi connectivity index (χ1) is 13.4. The summed E-state index contributed by atoms with van der Waals surface area (Å²) in [6.07, 6.45) is 3.52. The van der Waals surface area contributed by atoms with Crippen molar-refractivity contribution in [1.82, 2.24) is 4.31 Å².